The minimum Gasteiger partial charge on any atom is -0.338 e. The number of hydrogen-bond donors (Lipinski definition) is 2. The van der Waals surface area contributed by atoms with Crippen molar-refractivity contribution in [1.82, 2.24) is 30.0 Å². The van der Waals surface area contributed by atoms with Crippen LogP contribution in [0.2, 0.25) is 0 Å². The van der Waals surface area contributed by atoms with E-state index < -0.39 is 0 Å². The SMILES string of the molecule is CN(C)Cc1cncc(-c2ccc3[nH]nc(-c4cc5c(-c6cccc(F)c6)ccnc5[nH]4)c3c2)c1. The second-order valence-corrected chi connectivity index (χ2v) is 8.97. The van der Waals surface area contributed by atoms with Crippen LogP contribution >= 0.6 is 0 Å². The Kier molecular flexibility index (Phi) is 5.12. The molecule has 0 fully saturated rings. The molecule has 7 heteroatoms. The Morgan fingerprint density at radius 1 is 0.886 bits per heavy atom. The second kappa shape index (κ2) is 8.45. The summed E-state index contributed by atoms with van der Waals surface area (Å²) in [6.07, 6.45) is 5.52. The van der Waals surface area contributed by atoms with Crippen LogP contribution in [-0.4, -0.2) is 44.1 Å². The number of benzene rings is 2. The number of pyridine rings is 2. The third-order valence-corrected chi connectivity index (χ3v) is 6.11. The lowest BCUT2D eigenvalue weighted by Crippen LogP contribution is -2.10. The fourth-order valence-electron chi connectivity index (χ4n) is 4.56. The summed E-state index contributed by atoms with van der Waals surface area (Å²) in [5.41, 5.74) is 8.35. The van der Waals surface area contributed by atoms with E-state index in [0.29, 0.717) is 0 Å². The molecule has 6 rings (SSSR count). The Hall–Kier alpha value is -4.36. The van der Waals surface area contributed by atoms with Gasteiger partial charge in [-0.05, 0) is 78.8 Å². The van der Waals surface area contributed by atoms with Gasteiger partial charge in [0.05, 0.1) is 11.2 Å². The molecule has 0 saturated carbocycles. The minimum atomic E-state index is -0.266. The lowest BCUT2D eigenvalue weighted by atomic mass is 10.0. The van der Waals surface area contributed by atoms with E-state index in [2.05, 4.69) is 48.2 Å². The summed E-state index contributed by atoms with van der Waals surface area (Å²) in [5.74, 6) is -0.266. The van der Waals surface area contributed by atoms with E-state index in [0.717, 1.165) is 67.7 Å². The predicted octanol–water partition coefficient (Wildman–Crippen LogP) is 6.04. The van der Waals surface area contributed by atoms with E-state index in [-0.39, 0.29) is 5.82 Å². The molecule has 0 aliphatic carbocycles. The molecular weight excluding hydrogens is 439 g/mol. The third kappa shape index (κ3) is 3.96. The summed E-state index contributed by atoms with van der Waals surface area (Å²) in [6.45, 7) is 0.829. The van der Waals surface area contributed by atoms with Crippen molar-refractivity contribution in [2.75, 3.05) is 14.1 Å². The van der Waals surface area contributed by atoms with Crippen molar-refractivity contribution in [2.45, 2.75) is 6.54 Å². The number of rotatable bonds is 5. The average molecular weight is 463 g/mol. The first-order chi connectivity index (χ1) is 17.0. The monoisotopic (exact) mass is 462 g/mol. The summed E-state index contributed by atoms with van der Waals surface area (Å²) in [7, 11) is 4.09. The maximum atomic E-state index is 13.9. The molecule has 6 nitrogen and oxygen atoms in total. The summed E-state index contributed by atoms with van der Waals surface area (Å²) in [5, 5.41) is 9.66. The molecule has 0 aliphatic heterocycles. The third-order valence-electron chi connectivity index (χ3n) is 6.11. The van der Waals surface area contributed by atoms with Gasteiger partial charge in [0, 0.05) is 41.5 Å². The molecule has 0 atom stereocenters. The molecule has 172 valence electrons. The number of aromatic amines is 2. The Bertz CT molecular complexity index is 1680. The van der Waals surface area contributed by atoms with Crippen molar-refractivity contribution in [3.8, 4) is 33.6 Å². The molecule has 4 aromatic heterocycles. The van der Waals surface area contributed by atoms with Crippen molar-refractivity contribution in [1.29, 1.82) is 0 Å². The maximum absolute atomic E-state index is 13.9. The van der Waals surface area contributed by atoms with Gasteiger partial charge in [0.2, 0.25) is 0 Å². The van der Waals surface area contributed by atoms with Gasteiger partial charge in [0.25, 0.3) is 0 Å². The number of aromatic nitrogens is 5. The van der Waals surface area contributed by atoms with Crippen LogP contribution in [-0.2, 0) is 6.54 Å². The van der Waals surface area contributed by atoms with Gasteiger partial charge >= 0.3 is 0 Å². The van der Waals surface area contributed by atoms with Crippen molar-refractivity contribution in [3.05, 3.63) is 90.6 Å². The molecule has 0 radical (unpaired) electrons. The van der Waals surface area contributed by atoms with Crippen LogP contribution in [0.1, 0.15) is 5.56 Å². The smallest absolute Gasteiger partial charge is 0.138 e. The number of H-pyrrole nitrogens is 2. The van der Waals surface area contributed by atoms with Crippen LogP contribution < -0.4 is 0 Å². The van der Waals surface area contributed by atoms with E-state index in [4.69, 9.17) is 0 Å². The van der Waals surface area contributed by atoms with Gasteiger partial charge in [-0.25, -0.2) is 9.37 Å². The zero-order chi connectivity index (χ0) is 23.9. The van der Waals surface area contributed by atoms with Crippen molar-refractivity contribution in [3.63, 3.8) is 0 Å². The lowest BCUT2D eigenvalue weighted by Gasteiger charge is -2.10. The molecule has 4 heterocycles. The molecule has 0 aliphatic rings. The van der Waals surface area contributed by atoms with Gasteiger partial charge in [0.1, 0.15) is 17.2 Å². The topological polar surface area (TPSA) is 73.5 Å². The molecule has 35 heavy (non-hydrogen) atoms. The molecule has 0 spiro atoms. The van der Waals surface area contributed by atoms with Crippen LogP contribution in [0.5, 0.6) is 0 Å². The first-order valence-corrected chi connectivity index (χ1v) is 11.4. The first-order valence-electron chi connectivity index (χ1n) is 11.4. The molecule has 0 bridgehead atoms. The number of halogens is 1. The highest BCUT2D eigenvalue weighted by Gasteiger charge is 2.15. The second-order valence-electron chi connectivity index (χ2n) is 8.97. The van der Waals surface area contributed by atoms with Crippen molar-refractivity contribution in [2.24, 2.45) is 0 Å². The summed E-state index contributed by atoms with van der Waals surface area (Å²) < 4.78 is 13.9. The molecule has 0 saturated heterocycles. The van der Waals surface area contributed by atoms with E-state index in [1.54, 1.807) is 12.3 Å². The van der Waals surface area contributed by atoms with Crippen LogP contribution in [0.15, 0.2) is 79.3 Å². The maximum Gasteiger partial charge on any atom is 0.138 e. The average Bonchev–Trinajstić information content (AvgIpc) is 3.47. The van der Waals surface area contributed by atoms with E-state index >= 15 is 0 Å². The summed E-state index contributed by atoms with van der Waals surface area (Å²) in [6, 6.07) is 19.0. The Labute approximate surface area is 201 Å². The summed E-state index contributed by atoms with van der Waals surface area (Å²) >= 11 is 0. The Morgan fingerprint density at radius 2 is 1.80 bits per heavy atom. The highest BCUT2D eigenvalue weighted by molar-refractivity contribution is 6.00. The number of nitrogens with zero attached hydrogens (tertiary/aromatic N) is 4. The fourth-order valence-corrected chi connectivity index (χ4v) is 4.56. The molecular formula is C28H23FN6. The molecule has 2 N–H and O–H groups in total. The molecule has 6 aromatic rings. The van der Waals surface area contributed by atoms with Crippen molar-refractivity contribution >= 4 is 21.9 Å². The zero-order valence-corrected chi connectivity index (χ0v) is 19.4. The van der Waals surface area contributed by atoms with E-state index in [1.165, 1.54) is 12.1 Å². The van der Waals surface area contributed by atoms with E-state index in [1.807, 2.05) is 50.8 Å². The van der Waals surface area contributed by atoms with Crippen LogP contribution in [0.4, 0.5) is 4.39 Å². The van der Waals surface area contributed by atoms with Gasteiger partial charge in [0.15, 0.2) is 0 Å². The van der Waals surface area contributed by atoms with E-state index in [9.17, 15) is 4.39 Å². The van der Waals surface area contributed by atoms with Gasteiger partial charge < -0.3 is 9.88 Å². The van der Waals surface area contributed by atoms with Gasteiger partial charge in [-0.2, -0.15) is 5.10 Å². The molecule has 2 aromatic carbocycles. The lowest BCUT2D eigenvalue weighted by molar-refractivity contribution is 0.402. The van der Waals surface area contributed by atoms with Gasteiger partial charge in [-0.15, -0.1) is 0 Å². The highest BCUT2D eigenvalue weighted by Crippen LogP contribution is 2.34. The molecule has 0 amide bonds. The van der Waals surface area contributed by atoms with Crippen LogP contribution in [0.25, 0.3) is 55.6 Å². The first kappa shape index (κ1) is 21.2. The van der Waals surface area contributed by atoms with Gasteiger partial charge in [-0.1, -0.05) is 18.2 Å². The predicted molar refractivity (Wildman–Crippen MR) is 137 cm³/mol. The fraction of sp³-hybridized carbons (Fsp3) is 0.107. The van der Waals surface area contributed by atoms with Gasteiger partial charge in [-0.3, -0.25) is 10.1 Å². The number of fused-ring (bicyclic) bond motifs is 2. The number of nitrogens with one attached hydrogen (secondary N) is 2. The van der Waals surface area contributed by atoms with Crippen LogP contribution in [0, 0.1) is 5.82 Å². The summed E-state index contributed by atoms with van der Waals surface area (Å²) in [4.78, 5) is 14.5. The Morgan fingerprint density at radius 3 is 2.66 bits per heavy atom. The Balaban J connectivity index is 1.45. The largest absolute Gasteiger partial charge is 0.338 e. The minimum absolute atomic E-state index is 0.266. The van der Waals surface area contributed by atoms with Crippen LogP contribution in [0.3, 0.4) is 0 Å². The zero-order valence-electron chi connectivity index (χ0n) is 19.4. The normalized spacial score (nSPS) is 11.7. The number of hydrogen-bond acceptors (Lipinski definition) is 4. The quantitative estimate of drug-likeness (QED) is 0.328. The molecule has 0 unspecified atom stereocenters. The standard InChI is InChI=1S/C28H23FN6/c1-35(2)16-17-10-20(15-30-14-17)18-6-7-25-24(12-18)27(34-33-25)26-13-23-22(8-9-31-28(23)32-26)19-4-3-5-21(29)11-19/h3-15H,16H2,1-2H3,(H,31,32)(H,33,34). The van der Waals surface area contributed by atoms with Crippen molar-refractivity contribution < 1.29 is 4.39 Å². The highest BCUT2D eigenvalue weighted by atomic mass is 19.1.